The molecule has 4 aromatic rings. The van der Waals surface area contributed by atoms with Crippen molar-refractivity contribution in [2.45, 2.75) is 6.92 Å². The van der Waals surface area contributed by atoms with Crippen LogP contribution in [0.4, 0.5) is 5.69 Å². The first-order valence-corrected chi connectivity index (χ1v) is 10.0. The number of nitrogens with one attached hydrogen (secondary N) is 2. The van der Waals surface area contributed by atoms with Gasteiger partial charge in [0, 0.05) is 22.4 Å². The summed E-state index contributed by atoms with van der Waals surface area (Å²) in [6.45, 7) is 1.95. The minimum Gasteiger partial charge on any atom is -0.507 e. The van der Waals surface area contributed by atoms with Gasteiger partial charge in [-0.05, 0) is 54.1 Å². The number of hydrazone groups is 1. The molecule has 0 spiro atoms. The molecule has 0 atom stereocenters. The fourth-order valence-electron chi connectivity index (χ4n) is 3.29. The molecule has 0 heterocycles. The minimum atomic E-state index is -0.438. The first-order chi connectivity index (χ1) is 15.5. The summed E-state index contributed by atoms with van der Waals surface area (Å²) < 4.78 is 0. The zero-order valence-corrected chi connectivity index (χ0v) is 17.4. The zero-order valence-electron chi connectivity index (χ0n) is 17.4. The molecule has 0 fully saturated rings. The van der Waals surface area contributed by atoms with Crippen molar-refractivity contribution in [2.75, 3.05) is 5.32 Å². The molecule has 0 aliphatic rings. The highest BCUT2D eigenvalue weighted by Crippen LogP contribution is 2.25. The standard InChI is InChI=1S/C26H21N3O3/c1-17-9-11-19(12-10-17)25(31)28-21-7-4-6-20(15-21)26(32)29-27-16-23-22-8-3-2-5-18(22)13-14-24(23)30/h2-16,30H,1H3,(H,28,31)(H,29,32)/b27-16-. The molecule has 0 radical (unpaired) electrons. The van der Waals surface area contributed by atoms with Crippen LogP contribution in [0.25, 0.3) is 10.8 Å². The van der Waals surface area contributed by atoms with Crippen molar-refractivity contribution in [3.63, 3.8) is 0 Å². The number of carbonyl (C=O) groups excluding carboxylic acids is 2. The number of anilines is 1. The topological polar surface area (TPSA) is 90.8 Å². The van der Waals surface area contributed by atoms with Gasteiger partial charge in [0.25, 0.3) is 11.8 Å². The second-order valence-electron chi connectivity index (χ2n) is 7.32. The van der Waals surface area contributed by atoms with Gasteiger partial charge >= 0.3 is 0 Å². The maximum atomic E-state index is 12.5. The van der Waals surface area contributed by atoms with E-state index in [2.05, 4.69) is 15.8 Å². The molecule has 4 aromatic carbocycles. The Morgan fingerprint density at radius 3 is 2.44 bits per heavy atom. The Morgan fingerprint density at radius 2 is 1.62 bits per heavy atom. The Kier molecular flexibility index (Phi) is 5.94. The highest BCUT2D eigenvalue weighted by atomic mass is 16.3. The van der Waals surface area contributed by atoms with Gasteiger partial charge < -0.3 is 10.4 Å². The lowest BCUT2D eigenvalue weighted by Crippen LogP contribution is -2.18. The minimum absolute atomic E-state index is 0.0718. The Bertz CT molecular complexity index is 1330. The van der Waals surface area contributed by atoms with Gasteiger partial charge in [0.05, 0.1) is 6.21 Å². The smallest absolute Gasteiger partial charge is 0.271 e. The van der Waals surface area contributed by atoms with E-state index in [0.717, 1.165) is 16.3 Å². The number of phenolic OH excluding ortho intramolecular Hbond substituents is 1. The average Bonchev–Trinajstić information content (AvgIpc) is 2.81. The third kappa shape index (κ3) is 4.65. The Labute approximate surface area is 185 Å². The van der Waals surface area contributed by atoms with Gasteiger partial charge in [-0.1, -0.05) is 54.1 Å². The van der Waals surface area contributed by atoms with Crippen LogP contribution in [-0.2, 0) is 0 Å². The third-order valence-corrected chi connectivity index (χ3v) is 5.00. The molecule has 2 amide bonds. The van der Waals surface area contributed by atoms with Crippen LogP contribution in [0.2, 0.25) is 0 Å². The van der Waals surface area contributed by atoms with Crippen LogP contribution in [0.1, 0.15) is 31.8 Å². The molecule has 0 aliphatic carbocycles. The molecule has 0 saturated carbocycles. The summed E-state index contributed by atoms with van der Waals surface area (Å²) in [7, 11) is 0. The number of benzene rings is 4. The van der Waals surface area contributed by atoms with E-state index < -0.39 is 5.91 Å². The summed E-state index contributed by atoms with van der Waals surface area (Å²) in [6, 6.07) is 24.8. The molecule has 3 N–H and O–H groups in total. The number of rotatable bonds is 5. The number of hydrogen-bond donors (Lipinski definition) is 3. The monoisotopic (exact) mass is 423 g/mol. The van der Waals surface area contributed by atoms with Crippen LogP contribution >= 0.6 is 0 Å². The molecular formula is C26H21N3O3. The van der Waals surface area contributed by atoms with E-state index in [1.807, 2.05) is 49.4 Å². The van der Waals surface area contributed by atoms with Crippen LogP contribution < -0.4 is 10.7 Å². The van der Waals surface area contributed by atoms with Gasteiger partial charge in [0.1, 0.15) is 5.75 Å². The average molecular weight is 423 g/mol. The summed E-state index contributed by atoms with van der Waals surface area (Å²) in [5, 5.41) is 18.8. The molecular weight excluding hydrogens is 402 g/mol. The second kappa shape index (κ2) is 9.14. The number of aryl methyl sites for hydroxylation is 1. The molecule has 0 aliphatic heterocycles. The maximum Gasteiger partial charge on any atom is 0.271 e. The number of carbonyl (C=O) groups is 2. The van der Waals surface area contributed by atoms with Gasteiger partial charge in [-0.25, -0.2) is 5.43 Å². The van der Waals surface area contributed by atoms with Crippen molar-refractivity contribution in [3.05, 3.63) is 107 Å². The maximum absolute atomic E-state index is 12.5. The van der Waals surface area contributed by atoms with Crippen LogP contribution in [0, 0.1) is 6.92 Å². The zero-order chi connectivity index (χ0) is 22.5. The number of phenols is 1. The number of fused-ring (bicyclic) bond motifs is 1. The summed E-state index contributed by atoms with van der Waals surface area (Å²) in [4.78, 5) is 24.9. The van der Waals surface area contributed by atoms with Gasteiger partial charge in [-0.2, -0.15) is 5.10 Å². The fraction of sp³-hybridized carbons (Fsp3) is 0.0385. The van der Waals surface area contributed by atoms with E-state index >= 15 is 0 Å². The van der Waals surface area contributed by atoms with Gasteiger partial charge in [-0.15, -0.1) is 0 Å². The highest BCUT2D eigenvalue weighted by molar-refractivity contribution is 6.05. The third-order valence-electron chi connectivity index (χ3n) is 5.00. The second-order valence-corrected chi connectivity index (χ2v) is 7.32. The SMILES string of the molecule is Cc1ccc(C(=O)Nc2cccc(C(=O)N/N=C\c3c(O)ccc4ccccc34)c2)cc1. The molecule has 4 rings (SSSR count). The van der Waals surface area contributed by atoms with Gasteiger partial charge in [0.15, 0.2) is 0 Å². The van der Waals surface area contributed by atoms with Crippen molar-refractivity contribution >= 4 is 34.5 Å². The first-order valence-electron chi connectivity index (χ1n) is 10.0. The van der Waals surface area contributed by atoms with Crippen molar-refractivity contribution in [1.82, 2.24) is 5.43 Å². The molecule has 0 saturated heterocycles. The summed E-state index contributed by atoms with van der Waals surface area (Å²) in [6.07, 6.45) is 1.42. The number of nitrogens with zero attached hydrogens (tertiary/aromatic N) is 1. The predicted molar refractivity (Wildman–Crippen MR) is 126 cm³/mol. The van der Waals surface area contributed by atoms with Crippen LogP contribution in [0.15, 0.2) is 90.0 Å². The summed E-state index contributed by atoms with van der Waals surface area (Å²) in [5.74, 6) is -0.623. The van der Waals surface area contributed by atoms with Crippen molar-refractivity contribution in [2.24, 2.45) is 5.10 Å². The molecule has 6 heteroatoms. The first kappa shape index (κ1) is 20.8. The number of hydrogen-bond acceptors (Lipinski definition) is 4. The van der Waals surface area contributed by atoms with Gasteiger partial charge in [-0.3, -0.25) is 9.59 Å². The fourth-order valence-corrected chi connectivity index (χ4v) is 3.29. The van der Waals surface area contributed by atoms with Crippen LogP contribution in [0.5, 0.6) is 5.75 Å². The molecule has 0 bridgehead atoms. The molecule has 32 heavy (non-hydrogen) atoms. The Balaban J connectivity index is 1.46. The van der Waals surface area contributed by atoms with E-state index in [1.54, 1.807) is 42.5 Å². The lowest BCUT2D eigenvalue weighted by atomic mass is 10.0. The van der Waals surface area contributed by atoms with Crippen molar-refractivity contribution in [3.8, 4) is 5.75 Å². The van der Waals surface area contributed by atoms with E-state index in [-0.39, 0.29) is 11.7 Å². The molecule has 158 valence electrons. The summed E-state index contributed by atoms with van der Waals surface area (Å²) in [5.41, 5.74) is 5.42. The molecule has 0 unspecified atom stereocenters. The number of aromatic hydroxyl groups is 1. The number of amides is 2. The predicted octanol–water partition coefficient (Wildman–Crippen LogP) is 4.87. The quantitative estimate of drug-likeness (QED) is 0.316. The Morgan fingerprint density at radius 1 is 0.844 bits per heavy atom. The highest BCUT2D eigenvalue weighted by Gasteiger charge is 2.10. The van der Waals surface area contributed by atoms with E-state index in [4.69, 9.17) is 0 Å². The largest absolute Gasteiger partial charge is 0.507 e. The Hall–Kier alpha value is -4.45. The van der Waals surface area contributed by atoms with E-state index in [0.29, 0.717) is 22.4 Å². The van der Waals surface area contributed by atoms with Crippen molar-refractivity contribution < 1.29 is 14.7 Å². The van der Waals surface area contributed by atoms with Gasteiger partial charge in [0.2, 0.25) is 0 Å². The normalized spacial score (nSPS) is 10.9. The van der Waals surface area contributed by atoms with Crippen LogP contribution in [0.3, 0.4) is 0 Å². The molecule has 6 nitrogen and oxygen atoms in total. The molecule has 0 aromatic heterocycles. The lowest BCUT2D eigenvalue weighted by Gasteiger charge is -2.08. The van der Waals surface area contributed by atoms with Crippen molar-refractivity contribution in [1.29, 1.82) is 0 Å². The summed E-state index contributed by atoms with van der Waals surface area (Å²) >= 11 is 0. The lowest BCUT2D eigenvalue weighted by molar-refractivity contribution is 0.0953. The van der Waals surface area contributed by atoms with Crippen LogP contribution in [-0.4, -0.2) is 23.1 Å². The van der Waals surface area contributed by atoms with E-state index in [9.17, 15) is 14.7 Å². The van der Waals surface area contributed by atoms with E-state index in [1.165, 1.54) is 6.21 Å².